The van der Waals surface area contributed by atoms with E-state index in [1.807, 2.05) is 48.9 Å². The molecular weight excluding hydrogens is 358 g/mol. The van der Waals surface area contributed by atoms with Crippen LogP contribution in [-0.2, 0) is 11.8 Å². The van der Waals surface area contributed by atoms with Crippen molar-refractivity contribution in [3.63, 3.8) is 0 Å². The molecule has 28 heavy (non-hydrogen) atoms. The molecule has 8 nitrogen and oxygen atoms in total. The highest BCUT2D eigenvalue weighted by Gasteiger charge is 2.24. The second-order valence-electron chi connectivity index (χ2n) is 7.20. The van der Waals surface area contributed by atoms with Gasteiger partial charge < -0.3 is 0 Å². The Morgan fingerprint density at radius 2 is 1.89 bits per heavy atom. The Hall–Kier alpha value is -3.42. The Kier molecular flexibility index (Phi) is 3.88. The minimum atomic E-state index is -0.846. The average molecular weight is 379 g/mol. The molecule has 0 bridgehead atoms. The maximum absolute atomic E-state index is 13.2. The summed E-state index contributed by atoms with van der Waals surface area (Å²) < 4.78 is 5.95. The highest BCUT2D eigenvalue weighted by Crippen LogP contribution is 2.21. The first-order valence-electron chi connectivity index (χ1n) is 9.01. The number of hydrogen-bond donors (Lipinski definition) is 0. The molecule has 0 aliphatic rings. The van der Waals surface area contributed by atoms with Gasteiger partial charge in [0.1, 0.15) is 0 Å². The smallest absolute Gasteiger partial charge is 0.298 e. The van der Waals surface area contributed by atoms with Gasteiger partial charge in [0.15, 0.2) is 16.9 Å². The number of ketones is 1. The SMILES string of the molecule is CC(=O)[C@@H](C)n1c(=O)c2c(nc3n(-c4cccc(C)c4)c(C)cn23)n(C)c1=O. The topological polar surface area (TPSA) is 83.3 Å². The molecule has 0 amide bonds. The molecule has 3 aromatic heterocycles. The lowest BCUT2D eigenvalue weighted by molar-refractivity contribution is -0.119. The van der Waals surface area contributed by atoms with Gasteiger partial charge in [-0.25, -0.2) is 9.36 Å². The Morgan fingerprint density at radius 3 is 2.54 bits per heavy atom. The van der Waals surface area contributed by atoms with Gasteiger partial charge in [-0.1, -0.05) is 12.1 Å². The van der Waals surface area contributed by atoms with E-state index in [0.29, 0.717) is 11.4 Å². The van der Waals surface area contributed by atoms with Crippen LogP contribution >= 0.6 is 0 Å². The Labute approximate surface area is 160 Å². The van der Waals surface area contributed by atoms with Crippen LogP contribution in [0.25, 0.3) is 22.6 Å². The number of fused-ring (bicyclic) bond motifs is 3. The molecule has 0 aliphatic heterocycles. The van der Waals surface area contributed by atoms with E-state index in [-0.39, 0.29) is 11.3 Å². The van der Waals surface area contributed by atoms with Crippen molar-refractivity contribution in [3.8, 4) is 5.69 Å². The Morgan fingerprint density at radius 1 is 1.18 bits per heavy atom. The summed E-state index contributed by atoms with van der Waals surface area (Å²) in [6.45, 7) is 6.86. The number of aryl methyl sites for hydroxylation is 3. The van der Waals surface area contributed by atoms with Crippen LogP contribution in [0.3, 0.4) is 0 Å². The van der Waals surface area contributed by atoms with E-state index in [2.05, 4.69) is 4.98 Å². The van der Waals surface area contributed by atoms with Crippen LogP contribution in [0.5, 0.6) is 0 Å². The van der Waals surface area contributed by atoms with E-state index in [4.69, 9.17) is 0 Å². The number of Topliss-reactive ketones (excluding diaryl/α,β-unsaturated/α-hetero) is 1. The van der Waals surface area contributed by atoms with Gasteiger partial charge in [-0.05, 0) is 45.4 Å². The maximum Gasteiger partial charge on any atom is 0.333 e. The van der Waals surface area contributed by atoms with Crippen LogP contribution < -0.4 is 11.2 Å². The molecule has 1 atom stereocenters. The van der Waals surface area contributed by atoms with E-state index in [0.717, 1.165) is 21.5 Å². The standard InChI is InChI=1S/C20H21N5O3/c1-11-7-6-8-15(9-11)24-12(2)10-23-16-17(21-19(23)24)22(5)20(28)25(18(16)27)13(3)14(4)26/h6-10,13H,1-5H3/t13-/m1/s1. The Bertz CT molecular complexity index is 1380. The highest BCUT2D eigenvalue weighted by molar-refractivity contribution is 5.81. The molecule has 0 aliphatic carbocycles. The van der Waals surface area contributed by atoms with Gasteiger partial charge >= 0.3 is 5.69 Å². The van der Waals surface area contributed by atoms with Crippen molar-refractivity contribution in [1.82, 2.24) is 23.1 Å². The van der Waals surface area contributed by atoms with Gasteiger partial charge in [0.05, 0.1) is 6.04 Å². The minimum Gasteiger partial charge on any atom is -0.298 e. The lowest BCUT2D eigenvalue weighted by Gasteiger charge is -2.12. The van der Waals surface area contributed by atoms with Gasteiger partial charge in [-0.2, -0.15) is 4.98 Å². The number of carbonyl (C=O) groups is 1. The molecule has 0 unspecified atom stereocenters. The number of nitrogens with zero attached hydrogens (tertiary/aromatic N) is 5. The van der Waals surface area contributed by atoms with Crippen LogP contribution in [0, 0.1) is 13.8 Å². The van der Waals surface area contributed by atoms with Crippen molar-refractivity contribution in [1.29, 1.82) is 0 Å². The van der Waals surface area contributed by atoms with Crippen LogP contribution in [-0.4, -0.2) is 28.9 Å². The molecule has 0 radical (unpaired) electrons. The number of aromatic nitrogens is 5. The normalized spacial score (nSPS) is 12.8. The van der Waals surface area contributed by atoms with Gasteiger partial charge in [-0.15, -0.1) is 0 Å². The third-order valence-corrected chi connectivity index (χ3v) is 5.21. The molecule has 0 N–H and O–H groups in total. The van der Waals surface area contributed by atoms with Crippen LogP contribution in [0.15, 0.2) is 40.1 Å². The maximum atomic E-state index is 13.2. The minimum absolute atomic E-state index is 0.257. The second-order valence-corrected chi connectivity index (χ2v) is 7.20. The number of benzene rings is 1. The van der Waals surface area contributed by atoms with Crippen molar-refractivity contribution >= 4 is 22.7 Å². The first-order valence-corrected chi connectivity index (χ1v) is 9.01. The lowest BCUT2D eigenvalue weighted by atomic mass is 10.2. The van der Waals surface area contributed by atoms with Crippen LogP contribution in [0.1, 0.15) is 31.1 Å². The van der Waals surface area contributed by atoms with Gasteiger partial charge in [0, 0.05) is 24.6 Å². The van der Waals surface area contributed by atoms with Crippen molar-refractivity contribution in [2.45, 2.75) is 33.7 Å². The summed E-state index contributed by atoms with van der Waals surface area (Å²) in [4.78, 5) is 42.3. The van der Waals surface area contributed by atoms with E-state index in [1.165, 1.54) is 11.5 Å². The summed E-state index contributed by atoms with van der Waals surface area (Å²) in [5.41, 5.74) is 2.41. The van der Waals surface area contributed by atoms with E-state index < -0.39 is 17.3 Å². The highest BCUT2D eigenvalue weighted by atomic mass is 16.2. The molecule has 1 aromatic carbocycles. The van der Waals surface area contributed by atoms with Gasteiger partial charge in [0.2, 0.25) is 5.78 Å². The number of rotatable bonds is 3. The Balaban J connectivity index is 2.15. The molecule has 0 saturated heterocycles. The van der Waals surface area contributed by atoms with Gasteiger partial charge in [0.25, 0.3) is 5.56 Å². The fourth-order valence-electron chi connectivity index (χ4n) is 3.59. The summed E-state index contributed by atoms with van der Waals surface area (Å²) in [7, 11) is 1.56. The van der Waals surface area contributed by atoms with Crippen molar-refractivity contribution in [2.24, 2.45) is 7.05 Å². The zero-order valence-electron chi connectivity index (χ0n) is 16.4. The second kappa shape index (κ2) is 6.05. The van der Waals surface area contributed by atoms with Crippen molar-refractivity contribution in [3.05, 3.63) is 62.6 Å². The largest absolute Gasteiger partial charge is 0.333 e. The fourth-order valence-corrected chi connectivity index (χ4v) is 3.59. The molecule has 144 valence electrons. The molecule has 0 spiro atoms. The third kappa shape index (κ3) is 2.37. The monoisotopic (exact) mass is 379 g/mol. The number of hydrogen-bond acceptors (Lipinski definition) is 4. The molecular formula is C20H21N5O3. The number of imidazole rings is 2. The van der Waals surface area contributed by atoms with E-state index >= 15 is 0 Å². The molecule has 4 aromatic rings. The molecule has 4 rings (SSSR count). The first-order chi connectivity index (χ1) is 13.2. The molecule has 0 fully saturated rings. The molecule has 3 heterocycles. The summed E-state index contributed by atoms with van der Waals surface area (Å²) in [5, 5.41) is 0. The van der Waals surface area contributed by atoms with Gasteiger partial charge in [-0.3, -0.25) is 23.1 Å². The molecule has 8 heteroatoms. The number of carbonyl (C=O) groups excluding carboxylic acids is 1. The predicted molar refractivity (Wildman–Crippen MR) is 106 cm³/mol. The first kappa shape index (κ1) is 18.0. The zero-order valence-corrected chi connectivity index (χ0v) is 16.4. The summed E-state index contributed by atoms with van der Waals surface area (Å²) in [6, 6.07) is 7.12. The van der Waals surface area contributed by atoms with Crippen LogP contribution in [0.2, 0.25) is 0 Å². The summed E-state index contributed by atoms with van der Waals surface area (Å²) in [6.07, 6.45) is 1.82. The van der Waals surface area contributed by atoms with E-state index in [1.54, 1.807) is 18.4 Å². The van der Waals surface area contributed by atoms with Crippen molar-refractivity contribution in [2.75, 3.05) is 0 Å². The average Bonchev–Trinajstić information content (AvgIpc) is 3.14. The lowest BCUT2D eigenvalue weighted by Crippen LogP contribution is -2.42. The zero-order chi connectivity index (χ0) is 20.3. The quantitative estimate of drug-likeness (QED) is 0.544. The predicted octanol–water partition coefficient (Wildman–Crippen LogP) is 1.91. The van der Waals surface area contributed by atoms with E-state index in [9.17, 15) is 14.4 Å². The van der Waals surface area contributed by atoms with Crippen LogP contribution in [0.4, 0.5) is 0 Å². The fraction of sp³-hybridized carbons (Fsp3) is 0.300. The van der Waals surface area contributed by atoms with Crippen molar-refractivity contribution < 1.29 is 4.79 Å². The summed E-state index contributed by atoms with van der Waals surface area (Å²) in [5.74, 6) is 0.284. The molecule has 0 saturated carbocycles. The summed E-state index contributed by atoms with van der Waals surface area (Å²) >= 11 is 0. The third-order valence-electron chi connectivity index (χ3n) is 5.21.